The summed E-state index contributed by atoms with van der Waals surface area (Å²) < 4.78 is 0. The van der Waals surface area contributed by atoms with E-state index in [-0.39, 0.29) is 10.8 Å². The van der Waals surface area contributed by atoms with E-state index >= 15 is 0 Å². The van der Waals surface area contributed by atoms with E-state index < -0.39 is 0 Å². The SMILES string of the molecule is CC(C)(Cc1ccc(C(C)(C)C)cc1)Cc1ccccn1. The third-order valence-electron chi connectivity index (χ3n) is 3.89. The fraction of sp³-hybridized carbons (Fsp3) is 0.450. The molecular weight excluding hydrogens is 254 g/mol. The Morgan fingerprint density at radius 3 is 2.00 bits per heavy atom. The Labute approximate surface area is 129 Å². The molecule has 1 heteroatoms. The van der Waals surface area contributed by atoms with Crippen molar-refractivity contribution in [2.45, 2.75) is 52.9 Å². The molecular formula is C20H27N. The molecule has 0 N–H and O–H groups in total. The summed E-state index contributed by atoms with van der Waals surface area (Å²) in [7, 11) is 0. The van der Waals surface area contributed by atoms with Crippen molar-refractivity contribution in [2.75, 3.05) is 0 Å². The van der Waals surface area contributed by atoms with E-state index in [9.17, 15) is 0 Å². The molecule has 0 unspecified atom stereocenters. The summed E-state index contributed by atoms with van der Waals surface area (Å²) in [5.41, 5.74) is 4.42. The van der Waals surface area contributed by atoms with Crippen LogP contribution >= 0.6 is 0 Å². The van der Waals surface area contributed by atoms with Crippen LogP contribution in [0.1, 0.15) is 51.4 Å². The second-order valence-corrected chi connectivity index (χ2v) is 7.79. The van der Waals surface area contributed by atoms with Crippen molar-refractivity contribution in [3.05, 3.63) is 65.5 Å². The van der Waals surface area contributed by atoms with E-state index in [2.05, 4.69) is 76.0 Å². The number of hydrogen-bond donors (Lipinski definition) is 0. The van der Waals surface area contributed by atoms with Crippen LogP contribution in [0.2, 0.25) is 0 Å². The molecule has 21 heavy (non-hydrogen) atoms. The van der Waals surface area contributed by atoms with Crippen LogP contribution in [-0.4, -0.2) is 4.98 Å². The average Bonchev–Trinajstić information content (AvgIpc) is 2.38. The summed E-state index contributed by atoms with van der Waals surface area (Å²) in [6, 6.07) is 15.3. The molecule has 0 spiro atoms. The van der Waals surface area contributed by atoms with Crippen LogP contribution in [0.5, 0.6) is 0 Å². The third-order valence-corrected chi connectivity index (χ3v) is 3.89. The average molecular weight is 281 g/mol. The van der Waals surface area contributed by atoms with E-state index in [1.54, 1.807) is 0 Å². The smallest absolute Gasteiger partial charge is 0.0409 e. The molecule has 0 aliphatic carbocycles. The van der Waals surface area contributed by atoms with Crippen LogP contribution in [0.4, 0.5) is 0 Å². The monoisotopic (exact) mass is 281 g/mol. The van der Waals surface area contributed by atoms with Crippen LogP contribution in [0.25, 0.3) is 0 Å². The molecule has 1 nitrogen and oxygen atoms in total. The van der Waals surface area contributed by atoms with Gasteiger partial charge in [0.15, 0.2) is 0 Å². The lowest BCUT2D eigenvalue weighted by Crippen LogP contribution is -2.19. The Hall–Kier alpha value is -1.63. The van der Waals surface area contributed by atoms with Gasteiger partial charge in [0.2, 0.25) is 0 Å². The van der Waals surface area contributed by atoms with Gasteiger partial charge in [-0.1, -0.05) is 65.0 Å². The molecule has 0 saturated carbocycles. The molecule has 0 aliphatic heterocycles. The van der Waals surface area contributed by atoms with Gasteiger partial charge in [-0.15, -0.1) is 0 Å². The van der Waals surface area contributed by atoms with Crippen LogP contribution < -0.4 is 0 Å². The van der Waals surface area contributed by atoms with Crippen LogP contribution in [0, 0.1) is 5.41 Å². The van der Waals surface area contributed by atoms with Gasteiger partial charge in [-0.3, -0.25) is 4.98 Å². The molecule has 0 atom stereocenters. The van der Waals surface area contributed by atoms with Crippen molar-refractivity contribution in [3.8, 4) is 0 Å². The maximum absolute atomic E-state index is 4.45. The molecule has 1 aromatic heterocycles. The van der Waals surface area contributed by atoms with Gasteiger partial charge in [0, 0.05) is 11.9 Å². The second kappa shape index (κ2) is 6.01. The van der Waals surface area contributed by atoms with E-state index in [4.69, 9.17) is 0 Å². The summed E-state index contributed by atoms with van der Waals surface area (Å²) in [5, 5.41) is 0. The van der Waals surface area contributed by atoms with Gasteiger partial charge in [-0.25, -0.2) is 0 Å². The highest BCUT2D eigenvalue weighted by Gasteiger charge is 2.20. The first-order valence-electron chi connectivity index (χ1n) is 7.76. The lowest BCUT2D eigenvalue weighted by molar-refractivity contribution is 0.357. The normalized spacial score (nSPS) is 12.4. The molecule has 2 aromatic rings. The summed E-state index contributed by atoms with van der Waals surface area (Å²) >= 11 is 0. The number of hydrogen-bond acceptors (Lipinski definition) is 1. The molecule has 0 aliphatic rings. The Bertz CT molecular complexity index is 559. The highest BCUT2D eigenvalue weighted by Crippen LogP contribution is 2.28. The molecule has 0 saturated heterocycles. The summed E-state index contributed by atoms with van der Waals surface area (Å²) in [6.07, 6.45) is 3.96. The van der Waals surface area contributed by atoms with Crippen molar-refractivity contribution >= 4 is 0 Å². The van der Waals surface area contributed by atoms with Gasteiger partial charge in [-0.2, -0.15) is 0 Å². The minimum atomic E-state index is 0.220. The molecule has 1 heterocycles. The number of nitrogens with zero attached hydrogens (tertiary/aromatic N) is 1. The van der Waals surface area contributed by atoms with Crippen LogP contribution in [-0.2, 0) is 18.3 Å². The Kier molecular flexibility index (Phi) is 4.51. The van der Waals surface area contributed by atoms with E-state index in [1.165, 1.54) is 16.8 Å². The van der Waals surface area contributed by atoms with Crippen molar-refractivity contribution in [2.24, 2.45) is 5.41 Å². The van der Waals surface area contributed by atoms with E-state index in [0.29, 0.717) is 0 Å². The highest BCUT2D eigenvalue weighted by atomic mass is 14.7. The lowest BCUT2D eigenvalue weighted by atomic mass is 9.80. The third kappa shape index (κ3) is 4.70. The van der Waals surface area contributed by atoms with Gasteiger partial charge in [-0.05, 0) is 46.9 Å². The molecule has 0 fully saturated rings. The Morgan fingerprint density at radius 1 is 0.810 bits per heavy atom. The Balaban J connectivity index is 2.06. The number of aromatic nitrogens is 1. The molecule has 0 radical (unpaired) electrons. The first kappa shape index (κ1) is 15.8. The zero-order chi connectivity index (χ0) is 15.5. The van der Waals surface area contributed by atoms with Gasteiger partial charge in [0.25, 0.3) is 0 Å². The molecule has 112 valence electrons. The highest BCUT2D eigenvalue weighted by molar-refractivity contribution is 5.28. The summed E-state index contributed by atoms with van der Waals surface area (Å²) in [6.45, 7) is 11.4. The molecule has 0 bridgehead atoms. The largest absolute Gasteiger partial charge is 0.261 e. The summed E-state index contributed by atoms with van der Waals surface area (Å²) in [4.78, 5) is 4.45. The maximum Gasteiger partial charge on any atom is 0.0409 e. The minimum absolute atomic E-state index is 0.220. The van der Waals surface area contributed by atoms with Gasteiger partial charge in [0.1, 0.15) is 0 Å². The number of pyridine rings is 1. The molecule has 1 aromatic carbocycles. The fourth-order valence-corrected chi connectivity index (χ4v) is 2.73. The van der Waals surface area contributed by atoms with Crippen molar-refractivity contribution in [1.29, 1.82) is 0 Å². The number of benzene rings is 1. The van der Waals surface area contributed by atoms with Crippen molar-refractivity contribution in [1.82, 2.24) is 4.98 Å². The number of rotatable bonds is 4. The van der Waals surface area contributed by atoms with E-state index in [1.807, 2.05) is 12.3 Å². The Morgan fingerprint density at radius 2 is 1.48 bits per heavy atom. The molecule has 0 amide bonds. The second-order valence-electron chi connectivity index (χ2n) is 7.79. The maximum atomic E-state index is 4.45. The quantitative estimate of drug-likeness (QED) is 0.751. The zero-order valence-electron chi connectivity index (χ0n) is 14.0. The predicted molar refractivity (Wildman–Crippen MR) is 90.6 cm³/mol. The predicted octanol–water partition coefficient (Wildman–Crippen LogP) is 5.19. The van der Waals surface area contributed by atoms with Gasteiger partial charge < -0.3 is 0 Å². The van der Waals surface area contributed by atoms with Crippen molar-refractivity contribution < 1.29 is 0 Å². The minimum Gasteiger partial charge on any atom is -0.261 e. The zero-order valence-corrected chi connectivity index (χ0v) is 14.0. The molecule has 2 rings (SSSR count). The topological polar surface area (TPSA) is 12.9 Å². The fourth-order valence-electron chi connectivity index (χ4n) is 2.73. The summed E-state index contributed by atoms with van der Waals surface area (Å²) in [5.74, 6) is 0. The van der Waals surface area contributed by atoms with E-state index in [0.717, 1.165) is 12.8 Å². The first-order chi connectivity index (χ1) is 9.76. The van der Waals surface area contributed by atoms with Crippen molar-refractivity contribution in [3.63, 3.8) is 0 Å². The van der Waals surface area contributed by atoms with Gasteiger partial charge >= 0.3 is 0 Å². The van der Waals surface area contributed by atoms with Gasteiger partial charge in [0.05, 0.1) is 0 Å². The van der Waals surface area contributed by atoms with Crippen LogP contribution in [0.15, 0.2) is 48.7 Å². The lowest BCUT2D eigenvalue weighted by Gasteiger charge is -2.25. The first-order valence-corrected chi connectivity index (χ1v) is 7.76. The standard InChI is InChI=1S/C20H27N/c1-19(2,3)17-11-9-16(10-12-17)14-20(4,5)15-18-8-6-7-13-21-18/h6-13H,14-15H2,1-5H3. The van der Waals surface area contributed by atoms with Crippen LogP contribution in [0.3, 0.4) is 0 Å².